The fraction of sp³-hybridized carbons (Fsp3) is 0.500. The highest BCUT2D eigenvalue weighted by molar-refractivity contribution is 6.01. The topological polar surface area (TPSA) is 114 Å². The average Bonchev–Trinajstić information content (AvgIpc) is 3.85. The number of aliphatic hydroxyl groups excluding tert-OH is 1. The smallest absolute Gasteiger partial charge is 0.319 e. The summed E-state index contributed by atoms with van der Waals surface area (Å²) in [5.41, 5.74) is 2.81. The van der Waals surface area contributed by atoms with Crippen LogP contribution in [0.15, 0.2) is 54.6 Å². The second-order valence-electron chi connectivity index (χ2n) is 14.8. The summed E-state index contributed by atoms with van der Waals surface area (Å²) in [5, 5.41) is 26.8. The molecule has 3 aromatic carbocycles. The monoisotopic (exact) mass is 648 g/mol. The number of carbonyl (C=O) groups excluding carboxylic acids is 1. The third-order valence-corrected chi connectivity index (χ3v) is 11.8. The van der Waals surface area contributed by atoms with Gasteiger partial charge in [-0.25, -0.2) is 4.79 Å². The molecule has 9 rings (SSSR count). The lowest BCUT2D eigenvalue weighted by Gasteiger charge is -2.42. The summed E-state index contributed by atoms with van der Waals surface area (Å²) in [6, 6.07) is 18.7. The zero-order valence-corrected chi connectivity index (χ0v) is 27.4. The molecule has 10 nitrogen and oxygen atoms in total. The summed E-state index contributed by atoms with van der Waals surface area (Å²) >= 11 is 0. The van der Waals surface area contributed by atoms with E-state index in [4.69, 9.17) is 14.7 Å². The number of fused-ring (bicyclic) bond motifs is 5. The van der Waals surface area contributed by atoms with Gasteiger partial charge in [0.1, 0.15) is 18.2 Å². The maximum absolute atomic E-state index is 13.5. The molecular weight excluding hydrogens is 604 g/mol. The number of ether oxygens (including phenoxy) is 1. The van der Waals surface area contributed by atoms with Crippen LogP contribution in [0.4, 0.5) is 10.6 Å². The van der Waals surface area contributed by atoms with Gasteiger partial charge in [0.2, 0.25) is 0 Å². The van der Waals surface area contributed by atoms with Crippen LogP contribution >= 0.6 is 0 Å². The Balaban J connectivity index is 1.06. The van der Waals surface area contributed by atoms with Crippen molar-refractivity contribution >= 4 is 33.5 Å². The lowest BCUT2D eigenvalue weighted by atomic mass is 9.95. The predicted octanol–water partition coefficient (Wildman–Crippen LogP) is 5.44. The minimum absolute atomic E-state index is 0.00209. The third-order valence-electron chi connectivity index (χ3n) is 11.8. The molecule has 2 amide bonds. The Morgan fingerprint density at radius 3 is 2.50 bits per heavy atom. The molecule has 4 atom stereocenters. The average molecular weight is 649 g/mol. The molecule has 2 bridgehead atoms. The van der Waals surface area contributed by atoms with Crippen molar-refractivity contribution in [1.29, 1.82) is 0 Å². The number of urea groups is 1. The Hall–Kier alpha value is -4.15. The van der Waals surface area contributed by atoms with Gasteiger partial charge in [-0.15, -0.1) is 0 Å². The van der Waals surface area contributed by atoms with Gasteiger partial charge in [0.05, 0.1) is 29.2 Å². The van der Waals surface area contributed by atoms with Crippen molar-refractivity contribution in [3.8, 4) is 22.9 Å². The molecule has 5 aliphatic rings. The molecule has 0 radical (unpaired) electrons. The van der Waals surface area contributed by atoms with Crippen LogP contribution < -0.4 is 15.0 Å². The number of aromatic nitrogens is 2. The summed E-state index contributed by atoms with van der Waals surface area (Å²) < 4.78 is 6.56. The summed E-state index contributed by atoms with van der Waals surface area (Å²) in [7, 11) is 0. The normalized spacial score (nSPS) is 26.4. The number of benzene rings is 3. The van der Waals surface area contributed by atoms with Crippen molar-refractivity contribution in [3.05, 3.63) is 54.6 Å². The second-order valence-corrected chi connectivity index (χ2v) is 14.8. The number of phenols is 1. The Bertz CT molecular complexity index is 1860. The van der Waals surface area contributed by atoms with Gasteiger partial charge in [-0.3, -0.25) is 4.90 Å². The molecule has 1 saturated carbocycles. The molecule has 48 heavy (non-hydrogen) atoms. The molecule has 250 valence electrons. The number of aliphatic hydroxyl groups is 1. The van der Waals surface area contributed by atoms with Gasteiger partial charge in [-0.1, -0.05) is 30.3 Å². The van der Waals surface area contributed by atoms with E-state index in [0.717, 1.165) is 90.2 Å². The van der Waals surface area contributed by atoms with E-state index in [1.807, 2.05) is 24.3 Å². The van der Waals surface area contributed by atoms with Gasteiger partial charge < -0.3 is 30.1 Å². The molecule has 4 aliphatic heterocycles. The van der Waals surface area contributed by atoms with Crippen LogP contribution in [0.3, 0.4) is 0 Å². The van der Waals surface area contributed by atoms with Crippen molar-refractivity contribution in [3.63, 3.8) is 0 Å². The molecule has 3 N–H and O–H groups in total. The predicted molar refractivity (Wildman–Crippen MR) is 185 cm³/mol. The van der Waals surface area contributed by atoms with Crippen molar-refractivity contribution in [2.75, 3.05) is 37.7 Å². The number of hydrogen-bond acceptors (Lipinski definition) is 8. The van der Waals surface area contributed by atoms with Gasteiger partial charge >= 0.3 is 12.0 Å². The highest BCUT2D eigenvalue weighted by atomic mass is 16.5. The van der Waals surface area contributed by atoms with Gasteiger partial charge in [0.15, 0.2) is 0 Å². The highest BCUT2D eigenvalue weighted by Crippen LogP contribution is 2.41. The first-order valence-electron chi connectivity index (χ1n) is 17.9. The van der Waals surface area contributed by atoms with Crippen molar-refractivity contribution < 1.29 is 19.7 Å². The number of amides is 2. The maximum atomic E-state index is 13.5. The van der Waals surface area contributed by atoms with Gasteiger partial charge in [0, 0.05) is 24.5 Å². The van der Waals surface area contributed by atoms with E-state index in [1.54, 1.807) is 6.07 Å². The van der Waals surface area contributed by atoms with Crippen LogP contribution in [0.5, 0.6) is 11.8 Å². The Morgan fingerprint density at radius 2 is 1.73 bits per heavy atom. The molecule has 0 unspecified atom stereocenters. The van der Waals surface area contributed by atoms with Gasteiger partial charge in [-0.05, 0) is 117 Å². The first-order valence-corrected chi connectivity index (χ1v) is 17.9. The first-order chi connectivity index (χ1) is 23.4. The number of aromatic hydroxyl groups is 1. The fourth-order valence-corrected chi connectivity index (χ4v) is 9.50. The van der Waals surface area contributed by atoms with Crippen LogP contribution in [0.25, 0.3) is 32.8 Å². The van der Waals surface area contributed by atoms with E-state index >= 15 is 0 Å². The van der Waals surface area contributed by atoms with E-state index in [-0.39, 0.29) is 41.5 Å². The molecule has 1 aromatic heterocycles. The van der Waals surface area contributed by atoms with Crippen LogP contribution in [-0.2, 0) is 0 Å². The molecule has 4 aromatic rings. The molecule has 1 aliphatic carbocycles. The number of piperazine rings is 1. The zero-order chi connectivity index (χ0) is 32.4. The minimum Gasteiger partial charge on any atom is -0.508 e. The summed E-state index contributed by atoms with van der Waals surface area (Å²) in [4.78, 5) is 30.6. The quantitative estimate of drug-likeness (QED) is 0.254. The van der Waals surface area contributed by atoms with Crippen LogP contribution in [-0.4, -0.2) is 98.6 Å². The summed E-state index contributed by atoms with van der Waals surface area (Å²) in [6.07, 6.45) is 8.52. The molecular formula is C38H44N6O4. The largest absolute Gasteiger partial charge is 0.508 e. The number of rotatable bonds is 6. The van der Waals surface area contributed by atoms with E-state index < -0.39 is 0 Å². The van der Waals surface area contributed by atoms with Crippen molar-refractivity contribution in [2.24, 2.45) is 0 Å². The van der Waals surface area contributed by atoms with Gasteiger partial charge in [0.25, 0.3) is 0 Å². The molecule has 4 saturated heterocycles. The summed E-state index contributed by atoms with van der Waals surface area (Å²) in [6.45, 7) is 4.25. The number of nitrogens with zero attached hydrogens (tertiary/aromatic N) is 5. The fourth-order valence-electron chi connectivity index (χ4n) is 9.50. The molecule has 5 fully saturated rings. The van der Waals surface area contributed by atoms with Crippen LogP contribution in [0.2, 0.25) is 0 Å². The van der Waals surface area contributed by atoms with Gasteiger partial charge in [-0.2, -0.15) is 9.97 Å². The number of anilines is 1. The number of nitrogens with one attached hydrogen (secondary N) is 1. The first kappa shape index (κ1) is 29.9. The SMILES string of the molecule is O=C(N[C@H]1CC[C@H](O)C1)N1[C@@H]2CC[C@H]1CN(c1nc(OCC34CCCN3CCC4)nc3cc(-c4cc(O)cc5ccccc45)ccc13)C2. The molecule has 5 heterocycles. The lowest BCUT2D eigenvalue weighted by molar-refractivity contribution is 0.108. The van der Waals surface area contributed by atoms with Crippen molar-refractivity contribution in [2.45, 2.75) is 87.6 Å². The third kappa shape index (κ3) is 5.20. The molecule has 0 spiro atoms. The van der Waals surface area contributed by atoms with E-state index in [1.165, 1.54) is 12.8 Å². The van der Waals surface area contributed by atoms with E-state index in [9.17, 15) is 15.0 Å². The highest BCUT2D eigenvalue weighted by Gasteiger charge is 2.46. The van der Waals surface area contributed by atoms with Crippen LogP contribution in [0.1, 0.15) is 57.8 Å². The number of phenolic OH excluding ortho intramolecular Hbond substituents is 1. The Morgan fingerprint density at radius 1 is 0.938 bits per heavy atom. The number of carbonyl (C=O) groups is 1. The van der Waals surface area contributed by atoms with E-state index in [2.05, 4.69) is 44.3 Å². The van der Waals surface area contributed by atoms with E-state index in [0.29, 0.717) is 32.1 Å². The Kier molecular flexibility index (Phi) is 7.34. The number of hydrogen-bond donors (Lipinski definition) is 3. The van der Waals surface area contributed by atoms with Crippen LogP contribution in [0, 0.1) is 0 Å². The van der Waals surface area contributed by atoms with Crippen molar-refractivity contribution in [1.82, 2.24) is 25.1 Å². The Labute approximate surface area is 280 Å². The summed E-state index contributed by atoms with van der Waals surface area (Å²) in [5.74, 6) is 1.08. The second kappa shape index (κ2) is 11.8. The maximum Gasteiger partial charge on any atom is 0.319 e. The zero-order valence-electron chi connectivity index (χ0n) is 27.4. The lowest BCUT2D eigenvalue weighted by Crippen LogP contribution is -2.59. The minimum atomic E-state index is -0.317. The molecule has 10 heteroatoms. The standard InChI is InChI=1S/C38H44N6O4/c45-29-11-8-26(19-29)39-37(47)44-27-9-10-28(44)22-42(21-27)35-32-12-7-25(33-20-30(46)17-24-5-1-2-6-31(24)33)18-34(32)40-36(41-35)48-23-38-13-3-15-43(38)16-4-14-38/h1-2,5-7,12,17-18,20,26-29,45-46H,3-4,8-11,13-16,19,21-23H2,(H,39,47)/t26-,27-,28+,29-/m0/s1.